The molecule has 0 bridgehead atoms. The highest BCUT2D eigenvalue weighted by atomic mass is 16.5. The molecule has 0 aromatic heterocycles. The molecular formula is C18H22NO2+. The van der Waals surface area contributed by atoms with Crippen LogP contribution in [0, 0.1) is 0 Å². The highest BCUT2D eigenvalue weighted by molar-refractivity contribution is 5.70. The van der Waals surface area contributed by atoms with Gasteiger partial charge in [0, 0.05) is 6.42 Å². The summed E-state index contributed by atoms with van der Waals surface area (Å²) in [6, 6.07) is 18.8. The third-order valence-electron chi connectivity index (χ3n) is 3.35. The lowest BCUT2D eigenvalue weighted by molar-refractivity contribution is -0.418. The maximum absolute atomic E-state index is 11.4. The number of carbonyl (C=O) groups excluding carboxylic acids is 1. The molecule has 3 nitrogen and oxygen atoms in total. The highest BCUT2D eigenvalue weighted by Gasteiger charge is 2.14. The fourth-order valence-electron chi connectivity index (χ4n) is 2.32. The van der Waals surface area contributed by atoms with Crippen LogP contribution in [-0.4, -0.2) is 18.6 Å². The molecule has 0 aliphatic heterocycles. The first kappa shape index (κ1) is 15.3. The summed E-state index contributed by atoms with van der Waals surface area (Å²) < 4.78 is 4.95. The second-order valence-corrected chi connectivity index (χ2v) is 5.14. The lowest BCUT2D eigenvalue weighted by Gasteiger charge is -2.09. The van der Waals surface area contributed by atoms with Crippen molar-refractivity contribution in [3.05, 3.63) is 60.2 Å². The van der Waals surface area contributed by atoms with Gasteiger partial charge in [-0.15, -0.1) is 0 Å². The van der Waals surface area contributed by atoms with E-state index in [1.54, 1.807) is 0 Å². The Labute approximate surface area is 125 Å². The first-order valence-corrected chi connectivity index (χ1v) is 7.32. The number of benzene rings is 2. The predicted molar refractivity (Wildman–Crippen MR) is 83.5 cm³/mol. The number of carbonyl (C=O) groups is 1. The number of hydrogen-bond acceptors (Lipinski definition) is 2. The summed E-state index contributed by atoms with van der Waals surface area (Å²) in [5, 5.41) is 0. The van der Waals surface area contributed by atoms with Gasteiger partial charge >= 0.3 is 5.97 Å². The number of rotatable bonds is 6. The molecule has 0 saturated carbocycles. The molecule has 110 valence electrons. The lowest BCUT2D eigenvalue weighted by atomic mass is 10.00. The fraction of sp³-hybridized carbons (Fsp3) is 0.278. The van der Waals surface area contributed by atoms with Gasteiger partial charge in [-0.2, -0.15) is 0 Å². The van der Waals surface area contributed by atoms with Crippen molar-refractivity contribution >= 4 is 5.97 Å². The molecule has 1 unspecified atom stereocenters. The Kier molecular flexibility index (Phi) is 5.52. The second kappa shape index (κ2) is 7.60. The van der Waals surface area contributed by atoms with Crippen molar-refractivity contribution in [1.29, 1.82) is 0 Å². The maximum Gasteiger partial charge on any atom is 0.311 e. The molecule has 0 fully saturated rings. The van der Waals surface area contributed by atoms with Crippen molar-refractivity contribution in [2.45, 2.75) is 25.8 Å². The van der Waals surface area contributed by atoms with Crippen molar-refractivity contribution in [2.75, 3.05) is 6.61 Å². The Bertz CT molecular complexity index is 564. The minimum Gasteiger partial charge on any atom is -0.466 e. The van der Waals surface area contributed by atoms with Crippen molar-refractivity contribution in [2.24, 2.45) is 0 Å². The van der Waals surface area contributed by atoms with E-state index in [-0.39, 0.29) is 12.0 Å². The number of quaternary nitrogens is 1. The minimum atomic E-state index is -0.168. The Balaban J connectivity index is 1.95. The van der Waals surface area contributed by atoms with Gasteiger partial charge in [0.25, 0.3) is 0 Å². The quantitative estimate of drug-likeness (QED) is 0.828. The zero-order chi connectivity index (χ0) is 15.1. The van der Waals surface area contributed by atoms with E-state index < -0.39 is 0 Å². The van der Waals surface area contributed by atoms with E-state index in [2.05, 4.69) is 42.1 Å². The van der Waals surface area contributed by atoms with Gasteiger partial charge in [0.15, 0.2) is 0 Å². The van der Waals surface area contributed by atoms with Gasteiger partial charge in [-0.3, -0.25) is 4.79 Å². The van der Waals surface area contributed by atoms with Crippen LogP contribution in [0.3, 0.4) is 0 Å². The summed E-state index contributed by atoms with van der Waals surface area (Å²) in [5.41, 5.74) is 7.64. The number of hydrogen-bond donors (Lipinski definition) is 1. The second-order valence-electron chi connectivity index (χ2n) is 5.14. The molecule has 0 saturated heterocycles. The van der Waals surface area contributed by atoms with Crippen LogP contribution in [0.15, 0.2) is 54.6 Å². The van der Waals surface area contributed by atoms with E-state index in [4.69, 9.17) is 4.74 Å². The molecule has 3 N–H and O–H groups in total. The molecular weight excluding hydrogens is 262 g/mol. The molecule has 1 atom stereocenters. The highest BCUT2D eigenvalue weighted by Crippen LogP contribution is 2.19. The Morgan fingerprint density at radius 2 is 1.67 bits per heavy atom. The normalized spacial score (nSPS) is 11.9. The zero-order valence-electron chi connectivity index (χ0n) is 12.4. The summed E-state index contributed by atoms with van der Waals surface area (Å²) in [6.07, 6.45) is 1.15. The van der Waals surface area contributed by atoms with E-state index in [1.807, 2.05) is 25.1 Å². The molecule has 3 heteroatoms. The average Bonchev–Trinajstić information content (AvgIpc) is 2.49. The Morgan fingerprint density at radius 3 is 2.29 bits per heavy atom. The molecule has 0 aliphatic rings. The minimum absolute atomic E-state index is 0.0478. The monoisotopic (exact) mass is 284 g/mol. The molecule has 2 aromatic carbocycles. The topological polar surface area (TPSA) is 53.9 Å². The summed E-state index contributed by atoms with van der Waals surface area (Å²) in [5.74, 6) is -0.168. The summed E-state index contributed by atoms with van der Waals surface area (Å²) >= 11 is 0. The SMILES string of the molecule is CCOC(=O)CC([NH3+])Cc1ccc(-c2ccccc2)cc1. The number of ether oxygens (including phenoxy) is 1. The lowest BCUT2D eigenvalue weighted by Crippen LogP contribution is -2.62. The van der Waals surface area contributed by atoms with Crippen LogP contribution in [0.4, 0.5) is 0 Å². The van der Waals surface area contributed by atoms with Gasteiger partial charge in [0.1, 0.15) is 0 Å². The van der Waals surface area contributed by atoms with Gasteiger partial charge < -0.3 is 10.5 Å². The van der Waals surface area contributed by atoms with Crippen LogP contribution >= 0.6 is 0 Å². The van der Waals surface area contributed by atoms with Crippen molar-refractivity contribution in [3.63, 3.8) is 0 Å². The third-order valence-corrected chi connectivity index (χ3v) is 3.35. The molecule has 2 rings (SSSR count). The first-order chi connectivity index (χ1) is 10.2. The Hall–Kier alpha value is -2.13. The van der Waals surface area contributed by atoms with Crippen LogP contribution in [0.1, 0.15) is 18.9 Å². The molecule has 2 aromatic rings. The zero-order valence-corrected chi connectivity index (χ0v) is 12.4. The van der Waals surface area contributed by atoms with Crippen LogP contribution < -0.4 is 5.73 Å². The summed E-state index contributed by atoms with van der Waals surface area (Å²) in [4.78, 5) is 11.4. The van der Waals surface area contributed by atoms with Crippen LogP contribution in [0.2, 0.25) is 0 Å². The third kappa shape index (κ3) is 4.72. The van der Waals surface area contributed by atoms with Crippen LogP contribution in [0.25, 0.3) is 11.1 Å². The van der Waals surface area contributed by atoms with Crippen molar-refractivity contribution < 1.29 is 15.3 Å². The Morgan fingerprint density at radius 1 is 1.05 bits per heavy atom. The fourth-order valence-corrected chi connectivity index (χ4v) is 2.32. The molecule has 0 radical (unpaired) electrons. The molecule has 0 aliphatic carbocycles. The van der Waals surface area contributed by atoms with Crippen LogP contribution in [-0.2, 0) is 16.0 Å². The van der Waals surface area contributed by atoms with E-state index in [9.17, 15) is 4.79 Å². The van der Waals surface area contributed by atoms with Gasteiger partial charge in [-0.1, -0.05) is 54.6 Å². The largest absolute Gasteiger partial charge is 0.466 e. The molecule has 21 heavy (non-hydrogen) atoms. The van der Waals surface area contributed by atoms with Gasteiger partial charge in [0.2, 0.25) is 0 Å². The standard InChI is InChI=1S/C18H21NO2/c1-2-21-18(20)13-17(19)12-14-8-10-16(11-9-14)15-6-4-3-5-7-15/h3-11,17H,2,12-13,19H2,1H3/p+1. The first-order valence-electron chi connectivity index (χ1n) is 7.32. The average molecular weight is 284 g/mol. The van der Waals surface area contributed by atoms with E-state index >= 15 is 0 Å². The maximum atomic E-state index is 11.4. The van der Waals surface area contributed by atoms with Crippen LogP contribution in [0.5, 0.6) is 0 Å². The van der Waals surface area contributed by atoms with E-state index in [0.717, 1.165) is 6.42 Å². The summed E-state index contributed by atoms with van der Waals surface area (Å²) in [7, 11) is 0. The summed E-state index contributed by atoms with van der Waals surface area (Å²) in [6.45, 7) is 2.25. The van der Waals surface area contributed by atoms with Gasteiger partial charge in [-0.05, 0) is 23.6 Å². The van der Waals surface area contributed by atoms with E-state index in [1.165, 1.54) is 16.7 Å². The van der Waals surface area contributed by atoms with Crippen molar-refractivity contribution in [3.8, 4) is 11.1 Å². The molecule has 0 amide bonds. The molecule has 0 heterocycles. The smallest absolute Gasteiger partial charge is 0.311 e. The van der Waals surface area contributed by atoms with Crippen molar-refractivity contribution in [1.82, 2.24) is 0 Å². The van der Waals surface area contributed by atoms with Gasteiger partial charge in [-0.25, -0.2) is 0 Å². The van der Waals surface area contributed by atoms with Gasteiger partial charge in [0.05, 0.1) is 19.1 Å². The number of esters is 1. The molecule has 0 spiro atoms. The predicted octanol–water partition coefficient (Wildman–Crippen LogP) is 2.46. The van der Waals surface area contributed by atoms with E-state index in [0.29, 0.717) is 13.0 Å².